The summed E-state index contributed by atoms with van der Waals surface area (Å²) in [5.41, 5.74) is 1.10. The monoisotopic (exact) mass is 522 g/mol. The molecule has 7 nitrogen and oxygen atoms in total. The number of ether oxygens (including phenoxy) is 2. The van der Waals surface area contributed by atoms with E-state index in [9.17, 15) is 5.11 Å². The fourth-order valence-corrected chi connectivity index (χ4v) is 2.62. The average molecular weight is 522 g/mol. The number of aliphatic hydroxyl groups excluding tert-OH is 1. The van der Waals surface area contributed by atoms with E-state index >= 15 is 0 Å². The number of benzene rings is 1. The van der Waals surface area contributed by atoms with Crippen molar-refractivity contribution >= 4 is 29.9 Å². The highest BCUT2D eigenvalue weighted by atomic mass is 127. The van der Waals surface area contributed by atoms with E-state index in [1.165, 1.54) is 0 Å². The zero-order valence-corrected chi connectivity index (χ0v) is 20.6. The van der Waals surface area contributed by atoms with Gasteiger partial charge in [0.1, 0.15) is 0 Å². The molecule has 8 heteroatoms. The number of halogens is 1. The number of aliphatic imine (C=N–C) groups is 1. The summed E-state index contributed by atoms with van der Waals surface area (Å²) in [6, 6.07) is 9.99. The van der Waals surface area contributed by atoms with Gasteiger partial charge in [0.05, 0.1) is 25.4 Å². The summed E-state index contributed by atoms with van der Waals surface area (Å²) >= 11 is 0. The number of guanidine groups is 1. The Kier molecular flexibility index (Phi) is 17.3. The van der Waals surface area contributed by atoms with E-state index in [2.05, 4.69) is 27.6 Å². The molecule has 0 heterocycles. The van der Waals surface area contributed by atoms with Crippen molar-refractivity contribution in [3.63, 3.8) is 0 Å². The van der Waals surface area contributed by atoms with Gasteiger partial charge in [-0.2, -0.15) is 0 Å². The van der Waals surface area contributed by atoms with Gasteiger partial charge in [0.2, 0.25) is 0 Å². The molecule has 0 bridgehead atoms. The summed E-state index contributed by atoms with van der Waals surface area (Å²) in [7, 11) is 3.82. The molecule has 0 aliphatic heterocycles. The third-order valence-corrected chi connectivity index (χ3v) is 4.29. The topological polar surface area (TPSA) is 78.4 Å². The standard InChI is InChI=1S/C21H38N4O3.HI/c1-5-22-21(23-12-14-25(3)13-9-15-27-4)24-16-20(26)17-28-18(2)19-10-7-6-8-11-19;/h6-8,10-11,18,20,26H,5,9,12-17H2,1-4H3,(H2,22,23,24);1H. The van der Waals surface area contributed by atoms with Crippen LogP contribution < -0.4 is 10.6 Å². The summed E-state index contributed by atoms with van der Waals surface area (Å²) in [4.78, 5) is 6.72. The molecule has 0 aliphatic rings. The minimum absolute atomic E-state index is 0. The van der Waals surface area contributed by atoms with Gasteiger partial charge < -0.3 is 30.1 Å². The van der Waals surface area contributed by atoms with Crippen LogP contribution in [-0.2, 0) is 9.47 Å². The van der Waals surface area contributed by atoms with Crippen molar-refractivity contribution in [2.45, 2.75) is 32.5 Å². The SMILES string of the molecule is CCNC(=NCC(O)COC(C)c1ccccc1)NCCN(C)CCCOC.I. The molecule has 168 valence electrons. The molecule has 0 aliphatic carbocycles. The number of hydrogen-bond acceptors (Lipinski definition) is 5. The van der Waals surface area contributed by atoms with E-state index in [-0.39, 0.29) is 36.7 Å². The third kappa shape index (κ3) is 13.8. The molecule has 0 radical (unpaired) electrons. The lowest BCUT2D eigenvalue weighted by Gasteiger charge is -2.19. The van der Waals surface area contributed by atoms with Crippen LogP contribution >= 0.6 is 24.0 Å². The van der Waals surface area contributed by atoms with E-state index in [0.29, 0.717) is 12.5 Å². The number of nitrogens with zero attached hydrogens (tertiary/aromatic N) is 2. The smallest absolute Gasteiger partial charge is 0.191 e. The Balaban J connectivity index is 0.00000784. The van der Waals surface area contributed by atoms with Crippen molar-refractivity contribution in [1.29, 1.82) is 0 Å². The Bertz CT molecular complexity index is 534. The van der Waals surface area contributed by atoms with E-state index in [4.69, 9.17) is 9.47 Å². The van der Waals surface area contributed by atoms with Crippen LogP contribution in [0.4, 0.5) is 0 Å². The second-order valence-corrected chi connectivity index (χ2v) is 6.84. The Morgan fingerprint density at radius 1 is 1.21 bits per heavy atom. The van der Waals surface area contributed by atoms with Gasteiger partial charge >= 0.3 is 0 Å². The highest BCUT2D eigenvalue weighted by Crippen LogP contribution is 2.15. The maximum Gasteiger partial charge on any atom is 0.191 e. The van der Waals surface area contributed by atoms with Crippen LogP contribution in [0.1, 0.15) is 31.9 Å². The van der Waals surface area contributed by atoms with E-state index in [0.717, 1.165) is 44.8 Å². The minimum Gasteiger partial charge on any atom is -0.389 e. The summed E-state index contributed by atoms with van der Waals surface area (Å²) in [6.45, 7) is 8.80. The summed E-state index contributed by atoms with van der Waals surface area (Å²) < 4.78 is 10.8. The molecule has 3 N–H and O–H groups in total. The second-order valence-electron chi connectivity index (χ2n) is 6.84. The van der Waals surface area contributed by atoms with Gasteiger partial charge in [0.15, 0.2) is 5.96 Å². The fraction of sp³-hybridized carbons (Fsp3) is 0.667. The number of aliphatic hydroxyl groups is 1. The van der Waals surface area contributed by atoms with Crippen LogP contribution in [0, 0.1) is 0 Å². The molecular weight excluding hydrogens is 483 g/mol. The van der Waals surface area contributed by atoms with Crippen LogP contribution in [0.15, 0.2) is 35.3 Å². The Hall–Kier alpha value is -0.940. The van der Waals surface area contributed by atoms with Crippen molar-refractivity contribution < 1.29 is 14.6 Å². The minimum atomic E-state index is -0.640. The van der Waals surface area contributed by atoms with Crippen LogP contribution in [0.3, 0.4) is 0 Å². The van der Waals surface area contributed by atoms with E-state index in [1.807, 2.05) is 44.2 Å². The molecule has 0 amide bonds. The summed E-state index contributed by atoms with van der Waals surface area (Å²) in [6.07, 6.45) is 0.326. The van der Waals surface area contributed by atoms with Crippen molar-refractivity contribution in [3.8, 4) is 0 Å². The second kappa shape index (κ2) is 17.9. The van der Waals surface area contributed by atoms with Crippen molar-refractivity contribution in [1.82, 2.24) is 15.5 Å². The summed E-state index contributed by atoms with van der Waals surface area (Å²) in [5, 5.41) is 16.7. The lowest BCUT2D eigenvalue weighted by molar-refractivity contribution is 0.00111. The van der Waals surface area contributed by atoms with Crippen molar-refractivity contribution in [2.24, 2.45) is 4.99 Å². The molecule has 0 spiro atoms. The predicted octanol–water partition coefficient (Wildman–Crippen LogP) is 2.27. The van der Waals surface area contributed by atoms with Gasteiger partial charge in [-0.25, -0.2) is 0 Å². The zero-order valence-electron chi connectivity index (χ0n) is 18.3. The van der Waals surface area contributed by atoms with Gasteiger partial charge in [-0.15, -0.1) is 24.0 Å². The number of hydrogen-bond donors (Lipinski definition) is 3. The van der Waals surface area contributed by atoms with Gasteiger partial charge in [0.25, 0.3) is 0 Å². The third-order valence-electron chi connectivity index (χ3n) is 4.29. The first-order chi connectivity index (χ1) is 13.6. The number of rotatable bonds is 14. The molecule has 2 unspecified atom stereocenters. The quantitative estimate of drug-likeness (QED) is 0.151. The number of likely N-dealkylation sites (N-methyl/N-ethyl adjacent to an activating group) is 1. The lowest BCUT2D eigenvalue weighted by Crippen LogP contribution is -2.41. The molecule has 1 rings (SSSR count). The molecule has 1 aromatic carbocycles. The molecular formula is C21H39IN4O3. The molecule has 0 saturated heterocycles. The van der Waals surface area contributed by atoms with Crippen LogP contribution in [0.25, 0.3) is 0 Å². The van der Waals surface area contributed by atoms with E-state index < -0.39 is 6.10 Å². The predicted molar refractivity (Wildman–Crippen MR) is 130 cm³/mol. The first kappa shape index (κ1) is 28.1. The van der Waals surface area contributed by atoms with Crippen molar-refractivity contribution in [3.05, 3.63) is 35.9 Å². The largest absolute Gasteiger partial charge is 0.389 e. The molecule has 29 heavy (non-hydrogen) atoms. The molecule has 2 atom stereocenters. The van der Waals surface area contributed by atoms with Gasteiger partial charge in [0, 0.05) is 39.9 Å². The van der Waals surface area contributed by atoms with Crippen LogP contribution in [-0.4, -0.2) is 82.2 Å². The van der Waals surface area contributed by atoms with Gasteiger partial charge in [-0.1, -0.05) is 30.3 Å². The van der Waals surface area contributed by atoms with Crippen molar-refractivity contribution in [2.75, 3.05) is 60.1 Å². The van der Waals surface area contributed by atoms with Crippen LogP contribution in [0.2, 0.25) is 0 Å². The maximum atomic E-state index is 10.2. The normalized spacial score (nSPS) is 13.7. The van der Waals surface area contributed by atoms with Gasteiger partial charge in [-0.05, 0) is 32.9 Å². The maximum absolute atomic E-state index is 10.2. The first-order valence-electron chi connectivity index (χ1n) is 10.1. The first-order valence-corrected chi connectivity index (χ1v) is 10.1. The number of nitrogens with one attached hydrogen (secondary N) is 2. The fourth-order valence-electron chi connectivity index (χ4n) is 2.62. The number of methoxy groups -OCH3 is 1. The van der Waals surface area contributed by atoms with Gasteiger partial charge in [-0.3, -0.25) is 4.99 Å². The van der Waals surface area contributed by atoms with E-state index in [1.54, 1.807) is 7.11 Å². The highest BCUT2D eigenvalue weighted by Gasteiger charge is 2.10. The zero-order chi connectivity index (χ0) is 20.6. The van der Waals surface area contributed by atoms with Crippen LogP contribution in [0.5, 0.6) is 0 Å². The lowest BCUT2D eigenvalue weighted by atomic mass is 10.1. The summed E-state index contributed by atoms with van der Waals surface area (Å²) in [5.74, 6) is 0.711. The molecule has 0 aromatic heterocycles. The molecule has 0 fully saturated rings. The highest BCUT2D eigenvalue weighted by molar-refractivity contribution is 14.0. The average Bonchev–Trinajstić information content (AvgIpc) is 2.71. The Morgan fingerprint density at radius 2 is 1.93 bits per heavy atom. The molecule has 0 saturated carbocycles. The molecule has 1 aromatic rings. The Labute approximate surface area is 193 Å². The Morgan fingerprint density at radius 3 is 2.59 bits per heavy atom.